The van der Waals surface area contributed by atoms with Gasteiger partial charge in [-0.2, -0.15) is 5.26 Å². The Balaban J connectivity index is 1.77. The lowest BCUT2D eigenvalue weighted by Gasteiger charge is -2.27. The van der Waals surface area contributed by atoms with E-state index in [4.69, 9.17) is 11.0 Å². The van der Waals surface area contributed by atoms with Gasteiger partial charge in [0.2, 0.25) is 5.95 Å². The number of rotatable bonds is 5. The fourth-order valence-corrected chi connectivity index (χ4v) is 3.73. The van der Waals surface area contributed by atoms with Gasteiger partial charge < -0.3 is 10.6 Å². The normalized spacial score (nSPS) is 15.5. The van der Waals surface area contributed by atoms with Crippen molar-refractivity contribution in [1.29, 1.82) is 5.26 Å². The summed E-state index contributed by atoms with van der Waals surface area (Å²) in [6.07, 6.45) is 0.237. The Kier molecular flexibility index (Phi) is 4.62. The molecule has 0 bridgehead atoms. The van der Waals surface area contributed by atoms with E-state index in [0.717, 1.165) is 40.9 Å². The van der Waals surface area contributed by atoms with Crippen LogP contribution in [0.2, 0.25) is 0 Å². The molecule has 2 heterocycles. The van der Waals surface area contributed by atoms with Crippen LogP contribution in [-0.4, -0.2) is 28.6 Å². The molecule has 3 aromatic rings. The third-order valence-corrected chi connectivity index (χ3v) is 5.11. The molecule has 2 aromatic carbocycles. The first-order chi connectivity index (χ1) is 13.6. The number of para-hydroxylation sites is 2. The molecule has 1 atom stereocenters. The van der Waals surface area contributed by atoms with Crippen LogP contribution in [0.25, 0.3) is 11.0 Å². The van der Waals surface area contributed by atoms with Crippen molar-refractivity contribution in [3.8, 4) is 6.07 Å². The Hall–Kier alpha value is -3.53. The Morgan fingerprint density at radius 1 is 1.29 bits per heavy atom. The minimum Gasteiger partial charge on any atom is -0.371 e. The third-order valence-electron chi connectivity index (χ3n) is 5.11. The molecule has 28 heavy (non-hydrogen) atoms. The van der Waals surface area contributed by atoms with Crippen LogP contribution in [0.15, 0.2) is 47.5 Å². The van der Waals surface area contributed by atoms with Crippen molar-refractivity contribution < 1.29 is 0 Å². The fourth-order valence-electron chi connectivity index (χ4n) is 3.73. The van der Waals surface area contributed by atoms with Gasteiger partial charge in [0.1, 0.15) is 0 Å². The number of aromatic nitrogens is 2. The van der Waals surface area contributed by atoms with Gasteiger partial charge in [-0.05, 0) is 43.7 Å². The van der Waals surface area contributed by atoms with Crippen LogP contribution in [0, 0.1) is 18.3 Å². The lowest BCUT2D eigenvalue weighted by molar-refractivity contribution is 0.622. The number of nitrogens with zero attached hydrogens (tertiary/aromatic N) is 5. The summed E-state index contributed by atoms with van der Waals surface area (Å²) in [7, 11) is 0. The summed E-state index contributed by atoms with van der Waals surface area (Å²) < 4.78 is 2.08. The molecule has 0 saturated carbocycles. The molecule has 1 aliphatic rings. The van der Waals surface area contributed by atoms with Crippen molar-refractivity contribution >= 4 is 28.6 Å². The molecule has 1 aliphatic heterocycles. The van der Waals surface area contributed by atoms with E-state index in [1.54, 1.807) is 0 Å². The smallest absolute Gasteiger partial charge is 0.212 e. The van der Waals surface area contributed by atoms with Crippen LogP contribution in [0.3, 0.4) is 0 Å². The summed E-state index contributed by atoms with van der Waals surface area (Å²) in [6.45, 7) is 5.77. The maximum atomic E-state index is 8.89. The number of imidazole rings is 1. The zero-order valence-electron chi connectivity index (χ0n) is 16.1. The van der Waals surface area contributed by atoms with E-state index in [2.05, 4.69) is 62.9 Å². The van der Waals surface area contributed by atoms with E-state index in [1.807, 2.05) is 24.3 Å². The second-order valence-corrected chi connectivity index (χ2v) is 6.84. The Morgan fingerprint density at radius 3 is 2.86 bits per heavy atom. The molecule has 0 radical (unpaired) electrons. The molecule has 0 saturated heterocycles. The number of guanidine groups is 1. The number of nitriles is 1. The highest BCUT2D eigenvalue weighted by atomic mass is 15.4. The summed E-state index contributed by atoms with van der Waals surface area (Å²) in [6, 6.07) is 16.6. The lowest BCUT2D eigenvalue weighted by atomic mass is 10.0. The van der Waals surface area contributed by atoms with E-state index in [9.17, 15) is 0 Å². The molecule has 4 rings (SSSR count). The third kappa shape index (κ3) is 3.03. The van der Waals surface area contributed by atoms with E-state index in [0.29, 0.717) is 18.3 Å². The van der Waals surface area contributed by atoms with Crippen molar-refractivity contribution in [2.45, 2.75) is 26.4 Å². The van der Waals surface area contributed by atoms with Gasteiger partial charge in [0.15, 0.2) is 12.1 Å². The summed E-state index contributed by atoms with van der Waals surface area (Å²) in [5.74, 6) is 1.06. The van der Waals surface area contributed by atoms with Gasteiger partial charge in [-0.15, -0.1) is 0 Å². The number of aliphatic imine (C=N–C) groups is 1. The van der Waals surface area contributed by atoms with Crippen LogP contribution in [0.1, 0.15) is 30.6 Å². The molecule has 0 fully saturated rings. The molecule has 7 heteroatoms. The van der Waals surface area contributed by atoms with E-state index >= 15 is 0 Å². The van der Waals surface area contributed by atoms with Gasteiger partial charge in [0.05, 0.1) is 23.5 Å². The monoisotopic (exact) mass is 373 g/mol. The van der Waals surface area contributed by atoms with Gasteiger partial charge >= 0.3 is 0 Å². The standard InChI is InChI=1S/C21H23N7/c1-3-27(12-6-11-22)15-9-10-16(14(2)13-15)19-25-20(23)26-21-24-17-7-4-5-8-18(17)28(19)21/h4-5,7-10,13,19H,3,6,12H2,1-2H3,(H3,23,24,25,26)/t19-/m0/s1. The molecule has 7 nitrogen and oxygen atoms in total. The predicted octanol–water partition coefficient (Wildman–Crippen LogP) is 3.37. The zero-order valence-corrected chi connectivity index (χ0v) is 16.1. The number of anilines is 2. The topological polar surface area (TPSA) is 95.3 Å². The van der Waals surface area contributed by atoms with E-state index in [-0.39, 0.29) is 6.17 Å². The van der Waals surface area contributed by atoms with Crippen LogP contribution in [0.5, 0.6) is 0 Å². The molecular weight excluding hydrogens is 350 g/mol. The summed E-state index contributed by atoms with van der Waals surface area (Å²) in [5, 5.41) is 12.0. The van der Waals surface area contributed by atoms with Crippen molar-refractivity contribution in [1.82, 2.24) is 9.55 Å². The maximum absolute atomic E-state index is 8.89. The van der Waals surface area contributed by atoms with Crippen molar-refractivity contribution in [3.63, 3.8) is 0 Å². The highest BCUT2D eigenvalue weighted by Gasteiger charge is 2.26. The van der Waals surface area contributed by atoms with Crippen molar-refractivity contribution in [3.05, 3.63) is 53.6 Å². The predicted molar refractivity (Wildman–Crippen MR) is 112 cm³/mol. The van der Waals surface area contributed by atoms with Crippen LogP contribution in [-0.2, 0) is 0 Å². The number of benzene rings is 2. The first kappa shape index (κ1) is 17.9. The number of hydrogen-bond donors (Lipinski definition) is 2. The number of hydrogen-bond acceptors (Lipinski definition) is 6. The SMILES string of the molecule is CCN(CCC#N)c1ccc([C@H]2N=C(N)Nc3nc4ccccc4n32)c(C)c1. The molecule has 142 valence electrons. The average molecular weight is 373 g/mol. The molecule has 3 N–H and O–H groups in total. The van der Waals surface area contributed by atoms with E-state index < -0.39 is 0 Å². The van der Waals surface area contributed by atoms with Crippen molar-refractivity contribution in [2.75, 3.05) is 23.3 Å². The number of nitrogens with one attached hydrogen (secondary N) is 1. The summed E-state index contributed by atoms with van der Waals surface area (Å²) in [4.78, 5) is 11.5. The zero-order chi connectivity index (χ0) is 19.7. The highest BCUT2D eigenvalue weighted by molar-refractivity contribution is 5.94. The lowest BCUT2D eigenvalue weighted by Crippen LogP contribution is -2.31. The largest absolute Gasteiger partial charge is 0.371 e. The van der Waals surface area contributed by atoms with Crippen LogP contribution < -0.4 is 16.0 Å². The van der Waals surface area contributed by atoms with Crippen LogP contribution >= 0.6 is 0 Å². The first-order valence-corrected chi connectivity index (χ1v) is 9.42. The number of nitrogens with two attached hydrogens (primary N) is 1. The summed E-state index contributed by atoms with van der Waals surface area (Å²) >= 11 is 0. The Labute approximate surface area is 164 Å². The second kappa shape index (κ2) is 7.24. The number of fused-ring (bicyclic) bond motifs is 3. The Morgan fingerprint density at radius 2 is 2.11 bits per heavy atom. The van der Waals surface area contributed by atoms with E-state index in [1.165, 1.54) is 0 Å². The van der Waals surface area contributed by atoms with Gasteiger partial charge in [0.25, 0.3) is 0 Å². The average Bonchev–Trinajstić information content (AvgIpc) is 3.06. The molecule has 0 spiro atoms. The maximum Gasteiger partial charge on any atom is 0.212 e. The molecule has 1 aromatic heterocycles. The second-order valence-electron chi connectivity index (χ2n) is 6.84. The minimum absolute atomic E-state index is 0.271. The van der Waals surface area contributed by atoms with Crippen molar-refractivity contribution in [2.24, 2.45) is 10.7 Å². The minimum atomic E-state index is -0.271. The summed E-state index contributed by atoms with van der Waals surface area (Å²) in [5.41, 5.74) is 11.3. The first-order valence-electron chi connectivity index (χ1n) is 9.42. The van der Waals surface area contributed by atoms with Gasteiger partial charge in [-0.25, -0.2) is 9.98 Å². The van der Waals surface area contributed by atoms with Crippen LogP contribution in [0.4, 0.5) is 11.6 Å². The molecule has 0 aliphatic carbocycles. The van der Waals surface area contributed by atoms with Gasteiger partial charge in [0, 0.05) is 24.3 Å². The fraction of sp³-hybridized carbons (Fsp3) is 0.286. The van der Waals surface area contributed by atoms with Gasteiger partial charge in [-0.1, -0.05) is 18.2 Å². The molecule has 0 unspecified atom stereocenters. The molecule has 0 amide bonds. The van der Waals surface area contributed by atoms with Gasteiger partial charge in [-0.3, -0.25) is 9.88 Å². The quantitative estimate of drug-likeness (QED) is 0.715. The molecular formula is C21H23N7. The number of aryl methyl sites for hydroxylation is 1. The Bertz CT molecular complexity index is 1090. The highest BCUT2D eigenvalue weighted by Crippen LogP contribution is 2.34.